The summed E-state index contributed by atoms with van der Waals surface area (Å²) < 4.78 is 0. The van der Waals surface area contributed by atoms with Gasteiger partial charge in [-0.15, -0.1) is 0 Å². The van der Waals surface area contributed by atoms with Crippen molar-refractivity contribution in [3.63, 3.8) is 0 Å². The minimum atomic E-state index is -0.0871. The Kier molecular flexibility index (Phi) is 2.71. The van der Waals surface area contributed by atoms with Crippen molar-refractivity contribution in [3.8, 4) is 5.75 Å². The molecule has 0 saturated carbocycles. The topological polar surface area (TPSA) is 37.3 Å². The largest absolute Gasteiger partial charge is 0.507 e. The lowest BCUT2D eigenvalue weighted by atomic mass is 10.0. The first-order chi connectivity index (χ1) is 6.06. The number of benzene rings is 1. The Morgan fingerprint density at radius 2 is 2.08 bits per heavy atom. The van der Waals surface area contributed by atoms with Crippen LogP contribution in [0.2, 0.25) is 0 Å². The van der Waals surface area contributed by atoms with Crippen molar-refractivity contribution in [1.29, 1.82) is 0 Å². The first-order valence-electron chi connectivity index (χ1n) is 4.39. The molecule has 0 amide bonds. The number of ketones is 1. The zero-order valence-corrected chi connectivity index (χ0v) is 8.22. The van der Waals surface area contributed by atoms with Crippen molar-refractivity contribution in [1.82, 2.24) is 0 Å². The van der Waals surface area contributed by atoms with Crippen LogP contribution in [0.5, 0.6) is 5.75 Å². The molecule has 0 unspecified atom stereocenters. The summed E-state index contributed by atoms with van der Waals surface area (Å²) in [6.45, 7) is 5.30. The number of phenols is 1. The molecule has 0 aliphatic heterocycles. The van der Waals surface area contributed by atoms with Crippen molar-refractivity contribution in [2.24, 2.45) is 0 Å². The summed E-state index contributed by atoms with van der Waals surface area (Å²) in [5.41, 5.74) is 2.28. The smallest absolute Gasteiger partial charge is 0.163 e. The van der Waals surface area contributed by atoms with Gasteiger partial charge in [-0.05, 0) is 37.5 Å². The van der Waals surface area contributed by atoms with Gasteiger partial charge in [0.1, 0.15) is 5.75 Å². The van der Waals surface area contributed by atoms with Gasteiger partial charge in [-0.2, -0.15) is 0 Å². The number of rotatable bonds is 2. The lowest BCUT2D eigenvalue weighted by Gasteiger charge is -2.06. The van der Waals surface area contributed by atoms with Gasteiger partial charge in [-0.1, -0.05) is 13.0 Å². The van der Waals surface area contributed by atoms with Crippen LogP contribution in [-0.4, -0.2) is 10.9 Å². The minimum Gasteiger partial charge on any atom is -0.507 e. The molecule has 1 N–H and O–H groups in total. The highest BCUT2D eigenvalue weighted by molar-refractivity contribution is 5.97. The molecule has 0 aromatic heterocycles. The molecule has 0 aliphatic rings. The molecule has 0 saturated heterocycles. The number of phenolic OH excluding ortho intramolecular Hbond substituents is 1. The quantitative estimate of drug-likeness (QED) is 0.706. The van der Waals surface area contributed by atoms with Gasteiger partial charge in [-0.3, -0.25) is 4.79 Å². The van der Waals surface area contributed by atoms with Crippen LogP contribution in [0.1, 0.15) is 35.3 Å². The predicted molar refractivity (Wildman–Crippen MR) is 52.2 cm³/mol. The number of hydrogen-bond acceptors (Lipinski definition) is 2. The third-order valence-corrected chi connectivity index (χ3v) is 2.15. The van der Waals surface area contributed by atoms with Crippen LogP contribution in [0.4, 0.5) is 0 Å². The molecule has 13 heavy (non-hydrogen) atoms. The fourth-order valence-corrected chi connectivity index (χ4v) is 1.33. The summed E-state index contributed by atoms with van der Waals surface area (Å²) in [7, 11) is 0. The highest BCUT2D eigenvalue weighted by atomic mass is 16.3. The summed E-state index contributed by atoms with van der Waals surface area (Å²) in [5.74, 6) is 0.0283. The lowest BCUT2D eigenvalue weighted by molar-refractivity contribution is 0.101. The number of carbonyl (C=O) groups excluding carboxylic acids is 1. The Hall–Kier alpha value is -1.31. The summed E-state index contributed by atoms with van der Waals surface area (Å²) in [4.78, 5) is 11.1. The zero-order chi connectivity index (χ0) is 10.0. The highest BCUT2D eigenvalue weighted by Crippen LogP contribution is 2.24. The van der Waals surface area contributed by atoms with Crippen LogP contribution in [0.25, 0.3) is 0 Å². The van der Waals surface area contributed by atoms with E-state index in [1.807, 2.05) is 13.0 Å². The van der Waals surface area contributed by atoms with Crippen molar-refractivity contribution in [3.05, 3.63) is 28.8 Å². The molecular weight excluding hydrogens is 164 g/mol. The summed E-state index contributed by atoms with van der Waals surface area (Å²) in [5, 5.41) is 9.57. The molecule has 0 atom stereocenters. The number of aromatic hydroxyl groups is 1. The molecule has 2 nitrogen and oxygen atoms in total. The number of aryl methyl sites for hydroxylation is 2. The molecule has 0 radical (unpaired) electrons. The summed E-state index contributed by atoms with van der Waals surface area (Å²) in [6.07, 6.45) is 0.876. The SMILES string of the molecule is CCc1cc(C)c(O)c(C(C)=O)c1. The van der Waals surface area contributed by atoms with E-state index in [2.05, 4.69) is 0 Å². The standard InChI is InChI=1S/C11H14O2/c1-4-9-5-7(2)11(13)10(6-9)8(3)12/h5-6,13H,4H2,1-3H3. The van der Waals surface area contributed by atoms with Crippen molar-refractivity contribution in [2.45, 2.75) is 27.2 Å². The maximum absolute atomic E-state index is 11.1. The molecule has 0 fully saturated rings. The van der Waals surface area contributed by atoms with E-state index in [1.54, 1.807) is 13.0 Å². The monoisotopic (exact) mass is 178 g/mol. The Bertz CT molecular complexity index is 340. The Morgan fingerprint density at radius 1 is 1.46 bits per heavy atom. The Labute approximate surface area is 78.2 Å². The predicted octanol–water partition coefficient (Wildman–Crippen LogP) is 2.47. The Morgan fingerprint density at radius 3 is 2.54 bits per heavy atom. The van der Waals surface area contributed by atoms with Crippen molar-refractivity contribution < 1.29 is 9.90 Å². The van der Waals surface area contributed by atoms with E-state index in [9.17, 15) is 9.90 Å². The van der Waals surface area contributed by atoms with Gasteiger partial charge in [0.25, 0.3) is 0 Å². The normalized spacial score (nSPS) is 10.1. The Balaban J connectivity index is 3.33. The van der Waals surface area contributed by atoms with Crippen molar-refractivity contribution >= 4 is 5.78 Å². The van der Waals surface area contributed by atoms with E-state index in [1.165, 1.54) is 6.92 Å². The molecule has 1 rings (SSSR count). The minimum absolute atomic E-state index is 0.0871. The van der Waals surface area contributed by atoms with Gasteiger partial charge >= 0.3 is 0 Å². The molecule has 70 valence electrons. The molecule has 0 bridgehead atoms. The fourth-order valence-electron chi connectivity index (χ4n) is 1.33. The van der Waals surface area contributed by atoms with Gasteiger partial charge < -0.3 is 5.11 Å². The van der Waals surface area contributed by atoms with Crippen LogP contribution in [-0.2, 0) is 6.42 Å². The van der Waals surface area contributed by atoms with Crippen LogP contribution in [0, 0.1) is 6.92 Å². The third kappa shape index (κ3) is 1.89. The first kappa shape index (κ1) is 9.78. The van der Waals surface area contributed by atoms with E-state index in [0.717, 1.165) is 17.5 Å². The molecule has 0 spiro atoms. The van der Waals surface area contributed by atoms with Gasteiger partial charge in [0.2, 0.25) is 0 Å². The van der Waals surface area contributed by atoms with E-state index in [-0.39, 0.29) is 11.5 Å². The van der Waals surface area contributed by atoms with Crippen LogP contribution < -0.4 is 0 Å². The van der Waals surface area contributed by atoms with Crippen LogP contribution >= 0.6 is 0 Å². The number of hydrogen-bond donors (Lipinski definition) is 1. The van der Waals surface area contributed by atoms with Gasteiger partial charge in [0.05, 0.1) is 5.56 Å². The van der Waals surface area contributed by atoms with E-state index < -0.39 is 0 Å². The summed E-state index contributed by atoms with van der Waals surface area (Å²) >= 11 is 0. The molecule has 0 heterocycles. The van der Waals surface area contributed by atoms with E-state index >= 15 is 0 Å². The fraction of sp³-hybridized carbons (Fsp3) is 0.364. The number of Topliss-reactive ketones (excluding diaryl/α,β-unsaturated/α-hetero) is 1. The zero-order valence-electron chi connectivity index (χ0n) is 8.22. The van der Waals surface area contributed by atoms with E-state index in [0.29, 0.717) is 5.56 Å². The first-order valence-corrected chi connectivity index (χ1v) is 4.39. The molecule has 1 aromatic carbocycles. The molecule has 1 aromatic rings. The maximum Gasteiger partial charge on any atom is 0.163 e. The number of carbonyl (C=O) groups is 1. The second-order valence-electron chi connectivity index (χ2n) is 3.22. The molecule has 2 heteroatoms. The van der Waals surface area contributed by atoms with Crippen LogP contribution in [0.15, 0.2) is 12.1 Å². The highest BCUT2D eigenvalue weighted by Gasteiger charge is 2.09. The maximum atomic E-state index is 11.1. The van der Waals surface area contributed by atoms with Crippen molar-refractivity contribution in [2.75, 3.05) is 0 Å². The average Bonchev–Trinajstić information content (AvgIpc) is 2.09. The van der Waals surface area contributed by atoms with E-state index in [4.69, 9.17) is 0 Å². The second kappa shape index (κ2) is 3.60. The average molecular weight is 178 g/mol. The lowest BCUT2D eigenvalue weighted by Crippen LogP contribution is -1.96. The van der Waals surface area contributed by atoms with Gasteiger partial charge in [-0.25, -0.2) is 0 Å². The van der Waals surface area contributed by atoms with Crippen LogP contribution in [0.3, 0.4) is 0 Å². The third-order valence-electron chi connectivity index (χ3n) is 2.15. The van der Waals surface area contributed by atoms with Gasteiger partial charge in [0.15, 0.2) is 5.78 Å². The molecular formula is C11H14O2. The van der Waals surface area contributed by atoms with Gasteiger partial charge in [0, 0.05) is 0 Å². The molecule has 0 aliphatic carbocycles. The summed E-state index contributed by atoms with van der Waals surface area (Å²) in [6, 6.07) is 3.66. The second-order valence-corrected chi connectivity index (χ2v) is 3.22.